The maximum absolute atomic E-state index is 4.22. The molecule has 2 nitrogen and oxygen atoms in total. The minimum absolute atomic E-state index is 0.175. The first-order valence-corrected chi connectivity index (χ1v) is 5.41. The fraction of sp³-hybridized carbons (Fsp3) is 0.583. The number of pyridine rings is 1. The minimum atomic E-state index is 0.175. The van der Waals surface area contributed by atoms with Crippen LogP contribution in [0.25, 0.3) is 0 Å². The van der Waals surface area contributed by atoms with Gasteiger partial charge in [0.05, 0.1) is 0 Å². The van der Waals surface area contributed by atoms with E-state index < -0.39 is 0 Å². The van der Waals surface area contributed by atoms with Crippen LogP contribution in [0, 0.1) is 5.92 Å². The average Bonchev–Trinajstić information content (AvgIpc) is 2.69. The molecule has 76 valence electrons. The summed E-state index contributed by atoms with van der Waals surface area (Å²) in [5.74, 6) is 0.620. The second-order valence-corrected chi connectivity index (χ2v) is 4.40. The van der Waals surface area contributed by atoms with E-state index in [0.717, 1.165) is 6.54 Å². The van der Waals surface area contributed by atoms with Crippen LogP contribution >= 0.6 is 0 Å². The Bertz CT molecular complexity index is 286. The van der Waals surface area contributed by atoms with Gasteiger partial charge >= 0.3 is 0 Å². The summed E-state index contributed by atoms with van der Waals surface area (Å²) < 4.78 is 0. The molecule has 1 aromatic rings. The van der Waals surface area contributed by atoms with Gasteiger partial charge in [0.25, 0.3) is 0 Å². The molecule has 1 aliphatic heterocycles. The zero-order valence-corrected chi connectivity index (χ0v) is 8.96. The van der Waals surface area contributed by atoms with Gasteiger partial charge in [0.15, 0.2) is 0 Å². The predicted molar refractivity (Wildman–Crippen MR) is 58.0 cm³/mol. The molecule has 1 unspecified atom stereocenters. The summed E-state index contributed by atoms with van der Waals surface area (Å²) in [4.78, 5) is 4.22. The van der Waals surface area contributed by atoms with E-state index in [2.05, 4.69) is 30.2 Å². The van der Waals surface area contributed by atoms with Gasteiger partial charge in [-0.25, -0.2) is 0 Å². The van der Waals surface area contributed by atoms with E-state index in [1.165, 1.54) is 18.4 Å². The van der Waals surface area contributed by atoms with E-state index in [-0.39, 0.29) is 5.54 Å². The lowest BCUT2D eigenvalue weighted by atomic mass is 9.79. The van der Waals surface area contributed by atoms with Crippen molar-refractivity contribution < 1.29 is 0 Å². The summed E-state index contributed by atoms with van der Waals surface area (Å²) in [5.41, 5.74) is 1.52. The fourth-order valence-corrected chi connectivity index (χ4v) is 2.47. The molecule has 1 aliphatic rings. The van der Waals surface area contributed by atoms with Gasteiger partial charge in [0, 0.05) is 17.9 Å². The summed E-state index contributed by atoms with van der Waals surface area (Å²) in [6.07, 6.45) is 6.34. The third-order valence-corrected chi connectivity index (χ3v) is 3.35. The standard InChI is InChI=1S/C12H18N2/c1-10(2)12(6-4-8-14-12)11-5-3-7-13-9-11/h3,5,7,9-10,14H,4,6,8H2,1-2H3. The second-order valence-electron chi connectivity index (χ2n) is 4.40. The van der Waals surface area contributed by atoms with Gasteiger partial charge in [-0.15, -0.1) is 0 Å². The molecule has 2 heteroatoms. The van der Waals surface area contributed by atoms with Crippen LogP contribution in [-0.4, -0.2) is 11.5 Å². The summed E-state index contributed by atoms with van der Waals surface area (Å²) in [6.45, 7) is 5.70. The van der Waals surface area contributed by atoms with Crippen molar-refractivity contribution in [2.45, 2.75) is 32.2 Å². The third-order valence-electron chi connectivity index (χ3n) is 3.35. The predicted octanol–water partition coefficient (Wildman–Crippen LogP) is 2.32. The number of hydrogen-bond acceptors (Lipinski definition) is 2. The normalized spacial score (nSPS) is 27.1. The molecule has 2 heterocycles. The summed E-state index contributed by atoms with van der Waals surface area (Å²) in [5, 5.41) is 3.65. The van der Waals surface area contributed by atoms with Crippen molar-refractivity contribution in [2.75, 3.05) is 6.54 Å². The smallest absolute Gasteiger partial charge is 0.0473 e. The van der Waals surface area contributed by atoms with Crippen molar-refractivity contribution in [3.63, 3.8) is 0 Å². The monoisotopic (exact) mass is 190 g/mol. The fourth-order valence-electron chi connectivity index (χ4n) is 2.47. The highest BCUT2D eigenvalue weighted by atomic mass is 15.0. The van der Waals surface area contributed by atoms with Gasteiger partial charge < -0.3 is 5.32 Å². The zero-order chi connectivity index (χ0) is 10.0. The quantitative estimate of drug-likeness (QED) is 0.774. The van der Waals surface area contributed by atoms with Crippen molar-refractivity contribution in [1.29, 1.82) is 0 Å². The van der Waals surface area contributed by atoms with Gasteiger partial charge in [-0.05, 0) is 36.9 Å². The molecular formula is C12H18N2. The lowest BCUT2D eigenvalue weighted by molar-refractivity contribution is 0.276. The van der Waals surface area contributed by atoms with E-state index in [9.17, 15) is 0 Å². The van der Waals surface area contributed by atoms with Crippen molar-refractivity contribution >= 4 is 0 Å². The molecule has 1 fully saturated rings. The molecule has 0 saturated carbocycles. The zero-order valence-electron chi connectivity index (χ0n) is 8.96. The molecule has 1 atom stereocenters. The summed E-state index contributed by atoms with van der Waals surface area (Å²) in [6, 6.07) is 4.21. The maximum Gasteiger partial charge on any atom is 0.0473 e. The van der Waals surface area contributed by atoms with Crippen LogP contribution in [0.2, 0.25) is 0 Å². The van der Waals surface area contributed by atoms with Gasteiger partial charge in [0.1, 0.15) is 0 Å². The van der Waals surface area contributed by atoms with E-state index >= 15 is 0 Å². The largest absolute Gasteiger partial charge is 0.307 e. The molecule has 0 aliphatic carbocycles. The molecule has 0 bridgehead atoms. The van der Waals surface area contributed by atoms with Crippen LogP contribution in [0.1, 0.15) is 32.3 Å². The number of nitrogens with zero attached hydrogens (tertiary/aromatic N) is 1. The summed E-state index contributed by atoms with van der Waals surface area (Å²) in [7, 11) is 0. The van der Waals surface area contributed by atoms with Crippen molar-refractivity contribution in [3.05, 3.63) is 30.1 Å². The Balaban J connectivity index is 2.36. The van der Waals surface area contributed by atoms with Crippen molar-refractivity contribution in [2.24, 2.45) is 5.92 Å². The second kappa shape index (κ2) is 3.70. The highest BCUT2D eigenvalue weighted by Gasteiger charge is 2.38. The Morgan fingerprint density at radius 2 is 2.36 bits per heavy atom. The van der Waals surface area contributed by atoms with Crippen LogP contribution < -0.4 is 5.32 Å². The number of hydrogen-bond donors (Lipinski definition) is 1. The first kappa shape index (κ1) is 9.66. The Kier molecular flexibility index (Phi) is 2.55. The molecule has 0 radical (unpaired) electrons. The molecule has 0 spiro atoms. The van der Waals surface area contributed by atoms with Gasteiger partial charge in [-0.1, -0.05) is 19.9 Å². The lowest BCUT2D eigenvalue weighted by Crippen LogP contribution is -2.41. The molecule has 1 N–H and O–H groups in total. The van der Waals surface area contributed by atoms with E-state index in [4.69, 9.17) is 0 Å². The first-order chi connectivity index (χ1) is 6.76. The first-order valence-electron chi connectivity index (χ1n) is 5.41. The van der Waals surface area contributed by atoms with Gasteiger partial charge in [-0.2, -0.15) is 0 Å². The molecule has 1 aromatic heterocycles. The number of aromatic nitrogens is 1. The van der Waals surface area contributed by atoms with Crippen LogP contribution in [0.15, 0.2) is 24.5 Å². The SMILES string of the molecule is CC(C)C1(c2cccnc2)CCCN1. The topological polar surface area (TPSA) is 24.9 Å². The molecule has 1 saturated heterocycles. The highest BCUT2D eigenvalue weighted by molar-refractivity contribution is 5.23. The Morgan fingerprint density at radius 1 is 1.50 bits per heavy atom. The molecule has 14 heavy (non-hydrogen) atoms. The Morgan fingerprint density at radius 3 is 2.86 bits per heavy atom. The Labute approximate surface area is 85.7 Å². The van der Waals surface area contributed by atoms with Crippen molar-refractivity contribution in [1.82, 2.24) is 10.3 Å². The van der Waals surface area contributed by atoms with Gasteiger partial charge in [0.2, 0.25) is 0 Å². The third kappa shape index (κ3) is 1.44. The minimum Gasteiger partial charge on any atom is -0.307 e. The molecule has 2 rings (SSSR count). The van der Waals surface area contributed by atoms with Crippen LogP contribution in [0.4, 0.5) is 0 Å². The van der Waals surface area contributed by atoms with E-state index in [1.807, 2.05) is 18.5 Å². The van der Waals surface area contributed by atoms with Crippen LogP contribution in [-0.2, 0) is 5.54 Å². The van der Waals surface area contributed by atoms with Crippen LogP contribution in [0.3, 0.4) is 0 Å². The van der Waals surface area contributed by atoms with E-state index in [0.29, 0.717) is 5.92 Å². The highest BCUT2D eigenvalue weighted by Crippen LogP contribution is 2.36. The van der Waals surface area contributed by atoms with Crippen molar-refractivity contribution in [3.8, 4) is 0 Å². The van der Waals surface area contributed by atoms with Crippen LogP contribution in [0.5, 0.6) is 0 Å². The van der Waals surface area contributed by atoms with E-state index in [1.54, 1.807) is 0 Å². The number of nitrogens with one attached hydrogen (secondary N) is 1. The Hall–Kier alpha value is -0.890. The van der Waals surface area contributed by atoms with Gasteiger partial charge in [-0.3, -0.25) is 4.98 Å². The summed E-state index contributed by atoms with van der Waals surface area (Å²) >= 11 is 0. The molecular weight excluding hydrogens is 172 g/mol. The lowest BCUT2D eigenvalue weighted by Gasteiger charge is -2.34. The maximum atomic E-state index is 4.22. The molecule has 0 amide bonds. The molecule has 0 aromatic carbocycles. The average molecular weight is 190 g/mol. The number of rotatable bonds is 2.